The number of nitrogens with zero attached hydrogens (tertiary/aromatic N) is 1. The van der Waals surface area contributed by atoms with Crippen molar-refractivity contribution >= 4 is 17.5 Å². The van der Waals surface area contributed by atoms with E-state index < -0.39 is 11.7 Å². The molecule has 8 heteroatoms. The zero-order valence-corrected chi connectivity index (χ0v) is 15.0. The number of rotatable bonds is 6. The van der Waals surface area contributed by atoms with Gasteiger partial charge in [-0.2, -0.15) is 13.2 Å². The number of anilines is 1. The number of hydrogen-bond donors (Lipinski definition) is 1. The zero-order chi connectivity index (χ0) is 20.1. The Morgan fingerprint density at radius 2 is 1.82 bits per heavy atom. The van der Waals surface area contributed by atoms with Crippen molar-refractivity contribution in [3.8, 4) is 5.75 Å². The molecule has 28 heavy (non-hydrogen) atoms. The fourth-order valence-electron chi connectivity index (χ4n) is 2.91. The molecule has 2 amide bonds. The minimum Gasteiger partial charge on any atom is -0.482 e. The van der Waals surface area contributed by atoms with Crippen molar-refractivity contribution < 1.29 is 27.5 Å². The number of alkyl halides is 3. The van der Waals surface area contributed by atoms with Crippen LogP contribution >= 0.6 is 0 Å². The number of hydrogen-bond acceptors (Lipinski definition) is 3. The van der Waals surface area contributed by atoms with Gasteiger partial charge in [-0.1, -0.05) is 24.3 Å². The monoisotopic (exact) mass is 392 g/mol. The lowest BCUT2D eigenvalue weighted by Crippen LogP contribution is -2.41. The lowest BCUT2D eigenvalue weighted by molar-refractivity contribution is -0.137. The Morgan fingerprint density at radius 3 is 2.54 bits per heavy atom. The second kappa shape index (κ2) is 8.33. The predicted molar refractivity (Wildman–Crippen MR) is 97.1 cm³/mol. The Labute approximate surface area is 160 Å². The number of amides is 2. The zero-order valence-electron chi connectivity index (χ0n) is 15.0. The summed E-state index contributed by atoms with van der Waals surface area (Å²) in [4.78, 5) is 25.6. The SMILES string of the molecule is O=C(CCN1C(=O)COc2ccccc21)NCCc1ccc(C(F)(F)F)cc1. The molecule has 0 radical (unpaired) electrons. The molecule has 0 spiro atoms. The number of carbonyl (C=O) groups excluding carboxylic acids is 2. The van der Waals surface area contributed by atoms with E-state index in [0.717, 1.165) is 12.1 Å². The third kappa shape index (κ3) is 4.82. The van der Waals surface area contributed by atoms with Crippen molar-refractivity contribution in [1.29, 1.82) is 0 Å². The standard InChI is InChI=1S/C20H19F3N2O3/c21-20(22,23)15-7-5-14(6-8-15)9-11-24-18(26)10-12-25-16-3-1-2-4-17(16)28-13-19(25)27/h1-8H,9-13H2,(H,24,26). The molecule has 0 bridgehead atoms. The fourth-order valence-corrected chi connectivity index (χ4v) is 2.91. The van der Waals surface area contributed by atoms with Gasteiger partial charge in [-0.25, -0.2) is 0 Å². The third-order valence-electron chi connectivity index (χ3n) is 4.39. The molecule has 3 rings (SSSR count). The number of halogens is 3. The largest absolute Gasteiger partial charge is 0.482 e. The Hall–Kier alpha value is -3.03. The molecule has 0 aromatic heterocycles. The number of fused-ring (bicyclic) bond motifs is 1. The molecular formula is C20H19F3N2O3. The summed E-state index contributed by atoms with van der Waals surface area (Å²) in [5.74, 6) is 0.157. The maximum Gasteiger partial charge on any atom is 0.416 e. The van der Waals surface area contributed by atoms with Crippen LogP contribution in [0.2, 0.25) is 0 Å². The average Bonchev–Trinajstić information content (AvgIpc) is 2.67. The molecule has 0 fully saturated rings. The first-order chi connectivity index (χ1) is 13.3. The molecule has 2 aromatic carbocycles. The summed E-state index contributed by atoms with van der Waals surface area (Å²) < 4.78 is 43.0. The summed E-state index contributed by atoms with van der Waals surface area (Å²) in [6.07, 6.45) is -3.82. The molecule has 5 nitrogen and oxygen atoms in total. The lowest BCUT2D eigenvalue weighted by Gasteiger charge is -2.29. The highest BCUT2D eigenvalue weighted by atomic mass is 19.4. The van der Waals surface area contributed by atoms with Gasteiger partial charge in [0.25, 0.3) is 5.91 Å². The predicted octanol–water partition coefficient (Wildman–Crippen LogP) is 3.18. The van der Waals surface area contributed by atoms with Crippen molar-refractivity contribution in [1.82, 2.24) is 5.32 Å². The highest BCUT2D eigenvalue weighted by Gasteiger charge is 2.30. The maximum atomic E-state index is 12.5. The Balaban J connectivity index is 1.46. The number of nitrogens with one attached hydrogen (secondary N) is 1. The van der Waals surface area contributed by atoms with Gasteiger partial charge in [0, 0.05) is 19.5 Å². The molecular weight excluding hydrogens is 373 g/mol. The lowest BCUT2D eigenvalue weighted by atomic mass is 10.1. The summed E-state index contributed by atoms with van der Waals surface area (Å²) >= 11 is 0. The van der Waals surface area contributed by atoms with E-state index in [1.54, 1.807) is 24.3 Å². The van der Waals surface area contributed by atoms with Crippen LogP contribution in [0.1, 0.15) is 17.5 Å². The summed E-state index contributed by atoms with van der Waals surface area (Å²) in [7, 11) is 0. The van der Waals surface area contributed by atoms with Crippen LogP contribution in [0, 0.1) is 0 Å². The summed E-state index contributed by atoms with van der Waals surface area (Å²) in [5, 5.41) is 2.72. The minimum atomic E-state index is -4.36. The Bertz CT molecular complexity index is 851. The molecule has 1 N–H and O–H groups in total. The highest BCUT2D eigenvalue weighted by molar-refractivity contribution is 5.98. The molecule has 1 aliphatic heterocycles. The van der Waals surface area contributed by atoms with Gasteiger partial charge >= 0.3 is 6.18 Å². The molecule has 0 saturated carbocycles. The van der Waals surface area contributed by atoms with Crippen LogP contribution in [0.5, 0.6) is 5.75 Å². The molecule has 1 heterocycles. The summed E-state index contributed by atoms with van der Waals surface area (Å²) in [6.45, 7) is 0.468. The molecule has 148 valence electrons. The number of ether oxygens (including phenoxy) is 1. The van der Waals surface area contributed by atoms with Gasteiger partial charge in [-0.05, 0) is 36.2 Å². The van der Waals surface area contributed by atoms with Crippen molar-refractivity contribution in [3.05, 3.63) is 59.7 Å². The summed E-state index contributed by atoms with van der Waals surface area (Å²) in [6, 6.07) is 12.0. The van der Waals surface area contributed by atoms with Crippen molar-refractivity contribution in [2.45, 2.75) is 19.0 Å². The van der Waals surface area contributed by atoms with Crippen molar-refractivity contribution in [3.63, 3.8) is 0 Å². The van der Waals surface area contributed by atoms with Crippen LogP contribution in [0.3, 0.4) is 0 Å². The van der Waals surface area contributed by atoms with Crippen molar-refractivity contribution in [2.24, 2.45) is 0 Å². The highest BCUT2D eigenvalue weighted by Crippen LogP contribution is 2.31. The molecule has 2 aromatic rings. The van der Waals surface area contributed by atoms with Gasteiger partial charge in [-0.15, -0.1) is 0 Å². The molecule has 0 atom stereocenters. The smallest absolute Gasteiger partial charge is 0.416 e. The van der Waals surface area contributed by atoms with Gasteiger partial charge in [0.1, 0.15) is 5.75 Å². The van der Waals surface area contributed by atoms with Crippen LogP contribution in [0.4, 0.5) is 18.9 Å². The fraction of sp³-hybridized carbons (Fsp3) is 0.300. The maximum absolute atomic E-state index is 12.5. The van der Waals surface area contributed by atoms with Gasteiger partial charge in [0.15, 0.2) is 6.61 Å². The summed E-state index contributed by atoms with van der Waals surface area (Å²) in [5.41, 5.74) is 0.637. The van der Waals surface area contributed by atoms with Crippen LogP contribution in [-0.4, -0.2) is 31.5 Å². The van der Waals surface area contributed by atoms with E-state index in [-0.39, 0.29) is 31.4 Å². The topological polar surface area (TPSA) is 58.6 Å². The first-order valence-electron chi connectivity index (χ1n) is 8.79. The van der Waals surface area contributed by atoms with Gasteiger partial charge in [0.05, 0.1) is 11.3 Å². The van der Waals surface area contributed by atoms with Gasteiger partial charge in [-0.3, -0.25) is 9.59 Å². The number of carbonyl (C=O) groups is 2. The van der Waals surface area contributed by atoms with E-state index in [2.05, 4.69) is 5.32 Å². The van der Waals surface area contributed by atoms with E-state index in [1.807, 2.05) is 0 Å². The molecule has 0 aliphatic carbocycles. The van der Waals surface area contributed by atoms with Crippen molar-refractivity contribution in [2.75, 3.05) is 24.6 Å². The normalized spacial score (nSPS) is 13.7. The van der Waals surface area contributed by atoms with E-state index >= 15 is 0 Å². The van der Waals surface area contributed by atoms with Crippen LogP contribution in [-0.2, 0) is 22.2 Å². The van der Waals surface area contributed by atoms with Crippen LogP contribution in [0.15, 0.2) is 48.5 Å². The van der Waals surface area contributed by atoms with E-state index in [9.17, 15) is 22.8 Å². The number of para-hydroxylation sites is 2. The first-order valence-corrected chi connectivity index (χ1v) is 8.79. The van der Waals surface area contributed by atoms with Crippen LogP contribution < -0.4 is 15.0 Å². The Morgan fingerprint density at radius 1 is 1.11 bits per heavy atom. The Kier molecular flexibility index (Phi) is 5.87. The molecule has 1 aliphatic rings. The van der Waals surface area contributed by atoms with Gasteiger partial charge < -0.3 is 15.0 Å². The molecule has 0 unspecified atom stereocenters. The first kappa shape index (κ1) is 19.7. The van der Waals surface area contributed by atoms with E-state index in [0.29, 0.717) is 30.0 Å². The number of benzene rings is 2. The van der Waals surface area contributed by atoms with E-state index in [4.69, 9.17) is 4.74 Å². The quantitative estimate of drug-likeness (QED) is 0.822. The second-order valence-electron chi connectivity index (χ2n) is 6.35. The minimum absolute atomic E-state index is 0.0629. The van der Waals surface area contributed by atoms with Crippen LogP contribution in [0.25, 0.3) is 0 Å². The third-order valence-corrected chi connectivity index (χ3v) is 4.39. The van der Waals surface area contributed by atoms with E-state index in [1.165, 1.54) is 17.0 Å². The average molecular weight is 392 g/mol. The second-order valence-corrected chi connectivity index (χ2v) is 6.35. The van der Waals surface area contributed by atoms with Gasteiger partial charge in [0.2, 0.25) is 5.91 Å². The molecule has 0 saturated heterocycles.